The zero-order valence-corrected chi connectivity index (χ0v) is 12.9. The van der Waals surface area contributed by atoms with Crippen LogP contribution in [-0.4, -0.2) is 28.9 Å². The molecule has 0 radical (unpaired) electrons. The summed E-state index contributed by atoms with van der Waals surface area (Å²) in [4.78, 5) is 18.5. The van der Waals surface area contributed by atoms with Gasteiger partial charge in [0, 0.05) is 24.7 Å². The second-order valence-electron chi connectivity index (χ2n) is 5.67. The SMILES string of the molecule is O=C(C=Cc1cccc(-c2ccc(F)cc2)n1)N1CCCCC1. The molecule has 0 N–H and O–H groups in total. The van der Waals surface area contributed by atoms with Gasteiger partial charge >= 0.3 is 0 Å². The minimum atomic E-state index is -0.267. The molecule has 1 aliphatic rings. The van der Waals surface area contributed by atoms with Gasteiger partial charge in [-0.3, -0.25) is 4.79 Å². The predicted octanol–water partition coefficient (Wildman–Crippen LogP) is 3.91. The third-order valence-corrected chi connectivity index (χ3v) is 3.98. The molecule has 1 amide bonds. The van der Waals surface area contributed by atoms with Gasteiger partial charge < -0.3 is 4.90 Å². The van der Waals surface area contributed by atoms with Crippen molar-refractivity contribution in [3.63, 3.8) is 0 Å². The number of piperidine rings is 1. The number of carbonyl (C=O) groups excluding carboxylic acids is 1. The summed E-state index contributed by atoms with van der Waals surface area (Å²) in [6.45, 7) is 1.68. The lowest BCUT2D eigenvalue weighted by Gasteiger charge is -2.25. The van der Waals surface area contributed by atoms with E-state index in [9.17, 15) is 9.18 Å². The third kappa shape index (κ3) is 4.03. The van der Waals surface area contributed by atoms with Gasteiger partial charge in [-0.15, -0.1) is 0 Å². The van der Waals surface area contributed by atoms with Crippen molar-refractivity contribution in [1.29, 1.82) is 0 Å². The smallest absolute Gasteiger partial charge is 0.246 e. The number of aromatic nitrogens is 1. The highest BCUT2D eigenvalue weighted by molar-refractivity contribution is 5.91. The van der Waals surface area contributed by atoms with Crippen molar-refractivity contribution < 1.29 is 9.18 Å². The topological polar surface area (TPSA) is 33.2 Å². The molecule has 2 heterocycles. The number of benzene rings is 1. The molecule has 0 atom stereocenters. The maximum Gasteiger partial charge on any atom is 0.246 e. The minimum absolute atomic E-state index is 0.0404. The maximum absolute atomic E-state index is 13.0. The fourth-order valence-corrected chi connectivity index (χ4v) is 2.70. The molecule has 1 fully saturated rings. The van der Waals surface area contributed by atoms with E-state index in [0.717, 1.165) is 42.9 Å². The highest BCUT2D eigenvalue weighted by atomic mass is 19.1. The van der Waals surface area contributed by atoms with Gasteiger partial charge in [-0.05, 0) is 61.7 Å². The molecule has 1 aliphatic heterocycles. The van der Waals surface area contributed by atoms with Crippen molar-refractivity contribution in [1.82, 2.24) is 9.88 Å². The van der Waals surface area contributed by atoms with E-state index in [4.69, 9.17) is 0 Å². The van der Waals surface area contributed by atoms with Crippen LogP contribution < -0.4 is 0 Å². The Morgan fingerprint density at radius 1 is 1.04 bits per heavy atom. The Bertz CT molecular complexity index is 704. The second-order valence-corrected chi connectivity index (χ2v) is 5.67. The fraction of sp³-hybridized carbons (Fsp3) is 0.263. The Labute approximate surface area is 135 Å². The van der Waals surface area contributed by atoms with Crippen LogP contribution in [0.2, 0.25) is 0 Å². The number of rotatable bonds is 3. The Hall–Kier alpha value is -2.49. The summed E-state index contributed by atoms with van der Waals surface area (Å²) < 4.78 is 13.0. The molecular formula is C19H19FN2O. The molecule has 0 spiro atoms. The molecule has 1 aromatic heterocycles. The summed E-state index contributed by atoms with van der Waals surface area (Å²) in [5.74, 6) is -0.226. The number of halogens is 1. The maximum atomic E-state index is 13.0. The Morgan fingerprint density at radius 2 is 1.78 bits per heavy atom. The van der Waals surface area contributed by atoms with Crippen LogP contribution in [0, 0.1) is 5.82 Å². The van der Waals surface area contributed by atoms with Crippen LogP contribution in [0.5, 0.6) is 0 Å². The molecule has 4 heteroatoms. The van der Waals surface area contributed by atoms with Crippen LogP contribution in [0.4, 0.5) is 4.39 Å². The zero-order chi connectivity index (χ0) is 16.1. The van der Waals surface area contributed by atoms with Crippen molar-refractivity contribution in [2.45, 2.75) is 19.3 Å². The molecule has 1 aromatic carbocycles. The Balaban J connectivity index is 1.73. The second kappa shape index (κ2) is 7.18. The molecule has 2 aromatic rings. The normalized spacial score (nSPS) is 15.1. The van der Waals surface area contributed by atoms with Gasteiger partial charge in [0.2, 0.25) is 5.91 Å². The van der Waals surface area contributed by atoms with Crippen LogP contribution in [0.25, 0.3) is 17.3 Å². The number of pyridine rings is 1. The molecule has 23 heavy (non-hydrogen) atoms. The lowest BCUT2D eigenvalue weighted by atomic mass is 10.1. The molecular weight excluding hydrogens is 291 g/mol. The number of hydrogen-bond donors (Lipinski definition) is 0. The van der Waals surface area contributed by atoms with E-state index in [0.29, 0.717) is 0 Å². The largest absolute Gasteiger partial charge is 0.339 e. The van der Waals surface area contributed by atoms with E-state index >= 15 is 0 Å². The molecule has 3 rings (SSSR count). The van der Waals surface area contributed by atoms with Gasteiger partial charge in [0.15, 0.2) is 0 Å². The number of carbonyl (C=O) groups is 1. The third-order valence-electron chi connectivity index (χ3n) is 3.98. The summed E-state index contributed by atoms with van der Waals surface area (Å²) >= 11 is 0. The van der Waals surface area contributed by atoms with Gasteiger partial charge in [0.05, 0.1) is 11.4 Å². The summed E-state index contributed by atoms with van der Waals surface area (Å²) in [7, 11) is 0. The van der Waals surface area contributed by atoms with E-state index < -0.39 is 0 Å². The van der Waals surface area contributed by atoms with E-state index in [2.05, 4.69) is 4.98 Å². The molecule has 0 saturated carbocycles. The first-order valence-electron chi connectivity index (χ1n) is 7.92. The van der Waals surface area contributed by atoms with Gasteiger partial charge in [0.1, 0.15) is 5.82 Å². The molecule has 0 unspecified atom stereocenters. The number of likely N-dealkylation sites (tertiary alicyclic amines) is 1. The fourth-order valence-electron chi connectivity index (χ4n) is 2.70. The average molecular weight is 310 g/mol. The van der Waals surface area contributed by atoms with Crippen molar-refractivity contribution >= 4 is 12.0 Å². The minimum Gasteiger partial charge on any atom is -0.339 e. The lowest BCUT2D eigenvalue weighted by Crippen LogP contribution is -2.34. The van der Waals surface area contributed by atoms with E-state index in [-0.39, 0.29) is 11.7 Å². The van der Waals surface area contributed by atoms with E-state index in [1.807, 2.05) is 23.1 Å². The summed E-state index contributed by atoms with van der Waals surface area (Å²) in [5, 5.41) is 0. The molecule has 0 aliphatic carbocycles. The summed E-state index contributed by atoms with van der Waals surface area (Å²) in [6.07, 6.45) is 6.69. The number of amides is 1. The first-order valence-corrected chi connectivity index (χ1v) is 7.92. The van der Waals surface area contributed by atoms with Crippen LogP contribution in [0.3, 0.4) is 0 Å². The molecule has 3 nitrogen and oxygen atoms in total. The highest BCUT2D eigenvalue weighted by Crippen LogP contribution is 2.18. The molecule has 0 bridgehead atoms. The van der Waals surface area contributed by atoms with Crippen LogP contribution in [-0.2, 0) is 4.79 Å². The number of hydrogen-bond acceptors (Lipinski definition) is 2. The first-order chi connectivity index (χ1) is 11.2. The Morgan fingerprint density at radius 3 is 2.52 bits per heavy atom. The lowest BCUT2D eigenvalue weighted by molar-refractivity contribution is -0.126. The van der Waals surface area contributed by atoms with Crippen LogP contribution >= 0.6 is 0 Å². The average Bonchev–Trinajstić information content (AvgIpc) is 2.61. The van der Waals surface area contributed by atoms with Crippen molar-refractivity contribution in [2.24, 2.45) is 0 Å². The van der Waals surface area contributed by atoms with E-state index in [1.165, 1.54) is 18.6 Å². The molecule has 118 valence electrons. The monoisotopic (exact) mass is 310 g/mol. The zero-order valence-electron chi connectivity index (χ0n) is 12.9. The van der Waals surface area contributed by atoms with E-state index in [1.54, 1.807) is 24.3 Å². The van der Waals surface area contributed by atoms with Gasteiger partial charge in [-0.2, -0.15) is 0 Å². The Kier molecular flexibility index (Phi) is 4.81. The van der Waals surface area contributed by atoms with Crippen LogP contribution in [0.1, 0.15) is 25.0 Å². The quantitative estimate of drug-likeness (QED) is 0.805. The van der Waals surface area contributed by atoms with Gasteiger partial charge in [-0.1, -0.05) is 6.07 Å². The summed E-state index contributed by atoms with van der Waals surface area (Å²) in [5.41, 5.74) is 2.33. The van der Waals surface area contributed by atoms with Gasteiger partial charge in [-0.25, -0.2) is 9.37 Å². The predicted molar refractivity (Wildman–Crippen MR) is 89.1 cm³/mol. The summed E-state index contributed by atoms with van der Waals surface area (Å²) in [6, 6.07) is 11.8. The highest BCUT2D eigenvalue weighted by Gasteiger charge is 2.13. The number of nitrogens with zero attached hydrogens (tertiary/aromatic N) is 2. The van der Waals surface area contributed by atoms with Crippen molar-refractivity contribution in [2.75, 3.05) is 13.1 Å². The van der Waals surface area contributed by atoms with Crippen molar-refractivity contribution in [3.8, 4) is 11.3 Å². The molecule has 1 saturated heterocycles. The standard InChI is InChI=1S/C19H19FN2O/c20-16-9-7-15(8-10-16)18-6-4-5-17(21-18)11-12-19(23)22-13-2-1-3-14-22/h4-12H,1-3,13-14H2. The van der Waals surface area contributed by atoms with Crippen LogP contribution in [0.15, 0.2) is 48.5 Å². The first kappa shape index (κ1) is 15.4. The van der Waals surface area contributed by atoms with Gasteiger partial charge in [0.25, 0.3) is 0 Å². The van der Waals surface area contributed by atoms with Crippen molar-refractivity contribution in [3.05, 3.63) is 60.1 Å².